The van der Waals surface area contributed by atoms with Crippen LogP contribution in [-0.2, 0) is 21.4 Å². The van der Waals surface area contributed by atoms with Crippen LogP contribution < -0.4 is 5.69 Å². The lowest BCUT2D eigenvalue weighted by atomic mass is 10.1. The first-order valence-corrected chi connectivity index (χ1v) is 12.7. The maximum Gasteiger partial charge on any atom is 0.331 e. The van der Waals surface area contributed by atoms with Crippen LogP contribution >= 0.6 is 0 Å². The van der Waals surface area contributed by atoms with E-state index >= 15 is 0 Å². The number of nitrogens with zero attached hydrogens (tertiary/aromatic N) is 4. The molecular weight excluding hydrogens is 468 g/mol. The molecule has 0 radical (unpaired) electrons. The van der Waals surface area contributed by atoms with E-state index in [9.17, 15) is 23.1 Å². The van der Waals surface area contributed by atoms with Crippen molar-refractivity contribution in [2.45, 2.75) is 30.3 Å². The highest BCUT2D eigenvalue weighted by atomic mass is 32.2. The molecule has 0 bridgehead atoms. The molecule has 1 fully saturated rings. The van der Waals surface area contributed by atoms with E-state index in [4.69, 9.17) is 0 Å². The number of hydrogen-bond donors (Lipinski definition) is 1. The number of carboxylic acid groups (broad SMARTS) is 1. The van der Waals surface area contributed by atoms with E-state index in [1.807, 2.05) is 30.3 Å². The van der Waals surface area contributed by atoms with E-state index in [2.05, 4.69) is 4.98 Å². The second-order valence-electron chi connectivity index (χ2n) is 8.50. The summed E-state index contributed by atoms with van der Waals surface area (Å²) in [5, 5.41) is 9.22. The third-order valence-electron chi connectivity index (χ3n) is 6.40. The highest BCUT2D eigenvalue weighted by molar-refractivity contribution is 7.89. The van der Waals surface area contributed by atoms with Gasteiger partial charge >= 0.3 is 11.7 Å². The van der Waals surface area contributed by atoms with Gasteiger partial charge in [-0.05, 0) is 48.2 Å². The molecule has 2 aromatic heterocycles. The molecule has 10 heteroatoms. The van der Waals surface area contributed by atoms with Crippen molar-refractivity contribution >= 4 is 27.2 Å². The van der Waals surface area contributed by atoms with Gasteiger partial charge in [0.15, 0.2) is 5.65 Å². The Hall–Kier alpha value is -3.76. The Balaban J connectivity index is 1.36. The molecule has 0 saturated carbocycles. The predicted molar refractivity (Wildman–Crippen MR) is 131 cm³/mol. The number of rotatable bonds is 6. The number of pyridine rings is 1. The number of benzene rings is 2. The van der Waals surface area contributed by atoms with Crippen molar-refractivity contribution in [1.82, 2.24) is 18.4 Å². The summed E-state index contributed by atoms with van der Waals surface area (Å²) in [5.41, 5.74) is 2.37. The third kappa shape index (κ3) is 4.26. The van der Waals surface area contributed by atoms with E-state index in [1.165, 1.54) is 13.4 Å². The summed E-state index contributed by atoms with van der Waals surface area (Å²) in [5.74, 6) is -1.12. The minimum Gasteiger partial charge on any atom is -0.480 e. The fraction of sp³-hybridized carbons (Fsp3) is 0.240. The van der Waals surface area contributed by atoms with Crippen molar-refractivity contribution in [2.24, 2.45) is 0 Å². The first-order chi connectivity index (χ1) is 16.9. The number of piperidine rings is 1. The molecule has 0 aliphatic carbocycles. The normalized spacial score (nSPS) is 15.4. The van der Waals surface area contributed by atoms with Crippen molar-refractivity contribution in [3.05, 3.63) is 83.4 Å². The van der Waals surface area contributed by atoms with Gasteiger partial charge in [0.25, 0.3) is 0 Å². The van der Waals surface area contributed by atoms with Gasteiger partial charge in [-0.3, -0.25) is 13.9 Å². The van der Waals surface area contributed by atoms with Gasteiger partial charge in [0.1, 0.15) is 6.54 Å². The minimum absolute atomic E-state index is 0.229. The van der Waals surface area contributed by atoms with Crippen molar-refractivity contribution in [2.75, 3.05) is 13.1 Å². The SMILES string of the molecule is O=C(O)Cn1c(=O)n(C2CCN(S(=O)(=O)c3ccc(-c4ccccc4)cc3)CC2)c2ncccc21. The molecule has 1 aliphatic heterocycles. The summed E-state index contributed by atoms with van der Waals surface area (Å²) < 4.78 is 30.7. The van der Waals surface area contributed by atoms with E-state index in [1.54, 1.807) is 42.6 Å². The summed E-state index contributed by atoms with van der Waals surface area (Å²) in [6.45, 7) is 0.0385. The van der Waals surface area contributed by atoms with Crippen molar-refractivity contribution in [3.63, 3.8) is 0 Å². The Bertz CT molecular complexity index is 1530. The van der Waals surface area contributed by atoms with E-state index in [0.717, 1.165) is 11.1 Å². The molecule has 5 rings (SSSR count). The number of aliphatic carboxylic acids is 1. The summed E-state index contributed by atoms with van der Waals surface area (Å²) in [4.78, 5) is 28.9. The van der Waals surface area contributed by atoms with Crippen LogP contribution in [0.2, 0.25) is 0 Å². The van der Waals surface area contributed by atoms with Crippen molar-refractivity contribution < 1.29 is 18.3 Å². The van der Waals surface area contributed by atoms with Crippen LogP contribution in [-0.4, -0.2) is 51.0 Å². The van der Waals surface area contributed by atoms with Gasteiger partial charge in [-0.1, -0.05) is 42.5 Å². The van der Waals surface area contributed by atoms with Crippen LogP contribution in [0.4, 0.5) is 0 Å². The molecule has 0 spiro atoms. The fourth-order valence-corrected chi connectivity index (χ4v) is 6.14. The third-order valence-corrected chi connectivity index (χ3v) is 8.32. The molecule has 0 unspecified atom stereocenters. The van der Waals surface area contributed by atoms with Gasteiger partial charge in [0.05, 0.1) is 10.4 Å². The number of fused-ring (bicyclic) bond motifs is 1. The topological polar surface area (TPSA) is 114 Å². The molecule has 1 N–H and O–H groups in total. The number of hydrogen-bond acceptors (Lipinski definition) is 5. The summed E-state index contributed by atoms with van der Waals surface area (Å²) in [6, 6.07) is 19.6. The molecule has 180 valence electrons. The van der Waals surface area contributed by atoms with Gasteiger partial charge in [0.2, 0.25) is 10.0 Å². The molecule has 3 heterocycles. The monoisotopic (exact) mass is 492 g/mol. The Morgan fingerprint density at radius 3 is 2.26 bits per heavy atom. The molecule has 0 amide bonds. The molecule has 4 aromatic rings. The Morgan fingerprint density at radius 1 is 0.943 bits per heavy atom. The highest BCUT2D eigenvalue weighted by Gasteiger charge is 2.32. The van der Waals surface area contributed by atoms with Crippen molar-refractivity contribution in [3.8, 4) is 11.1 Å². The lowest BCUT2D eigenvalue weighted by Crippen LogP contribution is -2.41. The number of imidazole rings is 1. The molecule has 1 saturated heterocycles. The van der Waals surface area contributed by atoms with E-state index in [0.29, 0.717) is 24.0 Å². The Kier molecular flexibility index (Phi) is 6.00. The number of carbonyl (C=O) groups is 1. The minimum atomic E-state index is -3.68. The number of carboxylic acids is 1. The zero-order valence-electron chi connectivity index (χ0n) is 18.8. The fourth-order valence-electron chi connectivity index (χ4n) is 4.67. The van der Waals surface area contributed by atoms with Crippen LogP contribution in [0.5, 0.6) is 0 Å². The molecule has 9 nitrogen and oxygen atoms in total. The van der Waals surface area contributed by atoms with Gasteiger partial charge in [-0.25, -0.2) is 18.2 Å². The standard InChI is InChI=1S/C25H24N4O5S/c30-23(31)17-28-22-7-4-14-26-24(22)29(25(28)32)20-12-15-27(16-13-20)35(33,34)21-10-8-19(9-11-21)18-5-2-1-3-6-18/h1-11,14,20H,12-13,15-17H2,(H,30,31). The molecule has 1 aliphatic rings. The van der Waals surface area contributed by atoms with Crippen molar-refractivity contribution in [1.29, 1.82) is 0 Å². The second-order valence-corrected chi connectivity index (χ2v) is 10.4. The first kappa shape index (κ1) is 23.0. The molecule has 2 aromatic carbocycles. The van der Waals surface area contributed by atoms with Crippen LogP contribution in [0.15, 0.2) is 82.6 Å². The average molecular weight is 493 g/mol. The summed E-state index contributed by atoms with van der Waals surface area (Å²) >= 11 is 0. The average Bonchev–Trinajstić information content (AvgIpc) is 3.15. The van der Waals surface area contributed by atoms with E-state index in [-0.39, 0.29) is 24.0 Å². The Labute approximate surface area is 201 Å². The maximum atomic E-state index is 13.3. The zero-order chi connectivity index (χ0) is 24.6. The zero-order valence-corrected chi connectivity index (χ0v) is 19.6. The number of aromatic nitrogens is 3. The van der Waals surface area contributed by atoms with E-state index < -0.39 is 28.2 Å². The Morgan fingerprint density at radius 2 is 1.60 bits per heavy atom. The lowest BCUT2D eigenvalue weighted by Gasteiger charge is -2.31. The second kappa shape index (κ2) is 9.12. The lowest BCUT2D eigenvalue weighted by molar-refractivity contribution is -0.137. The molecule has 0 atom stereocenters. The first-order valence-electron chi connectivity index (χ1n) is 11.3. The van der Waals surface area contributed by atoms with Crippen LogP contribution in [0.3, 0.4) is 0 Å². The van der Waals surface area contributed by atoms with Gasteiger partial charge in [0, 0.05) is 25.3 Å². The predicted octanol–water partition coefficient (Wildman–Crippen LogP) is 2.98. The maximum absolute atomic E-state index is 13.3. The van der Waals surface area contributed by atoms with Gasteiger partial charge in [-0.15, -0.1) is 0 Å². The quantitative estimate of drug-likeness (QED) is 0.443. The van der Waals surface area contributed by atoms with Gasteiger partial charge < -0.3 is 5.11 Å². The largest absolute Gasteiger partial charge is 0.480 e. The molecular formula is C25H24N4O5S. The number of sulfonamides is 1. The molecule has 35 heavy (non-hydrogen) atoms. The summed E-state index contributed by atoms with van der Waals surface area (Å²) in [7, 11) is -3.68. The van der Waals surface area contributed by atoms with Crippen LogP contribution in [0.25, 0.3) is 22.3 Å². The summed E-state index contributed by atoms with van der Waals surface area (Å²) in [6.07, 6.45) is 2.40. The van der Waals surface area contributed by atoms with Gasteiger partial charge in [-0.2, -0.15) is 4.31 Å². The van der Waals surface area contributed by atoms with Crippen LogP contribution in [0.1, 0.15) is 18.9 Å². The smallest absolute Gasteiger partial charge is 0.331 e. The van der Waals surface area contributed by atoms with Crippen LogP contribution in [0, 0.1) is 0 Å². The highest BCUT2D eigenvalue weighted by Crippen LogP contribution is 2.29.